The molecule has 0 aliphatic heterocycles. The zero-order valence-corrected chi connectivity index (χ0v) is 15.0. The summed E-state index contributed by atoms with van der Waals surface area (Å²) in [4.78, 5) is 4.18. The van der Waals surface area contributed by atoms with Gasteiger partial charge in [-0.1, -0.05) is 0 Å². The fourth-order valence-corrected chi connectivity index (χ4v) is 2.78. The lowest BCUT2D eigenvalue weighted by molar-refractivity contribution is 0.355. The van der Waals surface area contributed by atoms with Crippen LogP contribution in [0.5, 0.6) is 23.0 Å². The van der Waals surface area contributed by atoms with E-state index in [4.69, 9.17) is 18.8 Å². The third-order valence-electron chi connectivity index (χ3n) is 3.62. The van der Waals surface area contributed by atoms with Crippen LogP contribution < -0.4 is 18.9 Å². The third-order valence-corrected chi connectivity index (χ3v) is 4.03. The molecule has 0 spiro atoms. The van der Waals surface area contributed by atoms with Crippen LogP contribution in [0.25, 0.3) is 10.9 Å². The van der Waals surface area contributed by atoms with E-state index in [-0.39, 0.29) is 11.4 Å². The molecule has 7 nitrogen and oxygen atoms in total. The summed E-state index contributed by atoms with van der Waals surface area (Å²) in [6.07, 6.45) is 1.42. The molecule has 0 saturated heterocycles. The second-order valence-corrected chi connectivity index (χ2v) is 5.96. The number of hydrogen-bond acceptors (Lipinski definition) is 5. The first-order valence-electron chi connectivity index (χ1n) is 7.48. The van der Waals surface area contributed by atoms with Gasteiger partial charge in [0.25, 0.3) is 11.3 Å². The van der Waals surface area contributed by atoms with Crippen molar-refractivity contribution in [2.75, 3.05) is 18.9 Å². The van der Waals surface area contributed by atoms with E-state index in [1.165, 1.54) is 26.5 Å². The lowest BCUT2D eigenvalue weighted by Crippen LogP contribution is -2.03. The predicted octanol–water partition coefficient (Wildman–Crippen LogP) is 3.87. The minimum absolute atomic E-state index is 0.144. The highest BCUT2D eigenvalue weighted by molar-refractivity contribution is 7.80. The Bertz CT molecular complexity index is 1010. The minimum atomic E-state index is -2.46. The fraction of sp³-hybridized carbons (Fsp3) is 0.118. The molecule has 0 aliphatic rings. The van der Waals surface area contributed by atoms with Crippen LogP contribution in [0.15, 0.2) is 36.5 Å². The molecular formula is C17H14F2N2O5S. The summed E-state index contributed by atoms with van der Waals surface area (Å²) in [6, 6.07) is 6.33. The van der Waals surface area contributed by atoms with Crippen molar-refractivity contribution in [1.82, 2.24) is 4.98 Å². The van der Waals surface area contributed by atoms with Gasteiger partial charge in [-0.15, -0.1) is 0 Å². The number of aromatic nitrogens is 1. The maximum atomic E-state index is 14.3. The van der Waals surface area contributed by atoms with Crippen molar-refractivity contribution in [3.63, 3.8) is 0 Å². The van der Waals surface area contributed by atoms with E-state index < -0.39 is 28.7 Å². The number of methoxy groups -OCH3 is 2. The number of hydrogen-bond donors (Lipinski definition) is 2. The summed E-state index contributed by atoms with van der Waals surface area (Å²) < 4.78 is 65.9. The van der Waals surface area contributed by atoms with Gasteiger partial charge >= 0.3 is 0 Å². The Hall–Kier alpha value is -2.98. The maximum absolute atomic E-state index is 14.3. The van der Waals surface area contributed by atoms with Crippen LogP contribution in [0.1, 0.15) is 0 Å². The van der Waals surface area contributed by atoms with Crippen LogP contribution in [-0.2, 0) is 11.3 Å². The first-order chi connectivity index (χ1) is 12.9. The molecule has 1 aromatic heterocycles. The van der Waals surface area contributed by atoms with Gasteiger partial charge in [-0.3, -0.25) is 14.3 Å². The van der Waals surface area contributed by atoms with Gasteiger partial charge in [-0.25, -0.2) is 13.0 Å². The lowest BCUT2D eigenvalue weighted by Gasteiger charge is -2.13. The summed E-state index contributed by atoms with van der Waals surface area (Å²) in [7, 11) is 2.93. The fourth-order valence-electron chi connectivity index (χ4n) is 2.46. The summed E-state index contributed by atoms with van der Waals surface area (Å²) in [6.45, 7) is 0. The highest BCUT2D eigenvalue weighted by Gasteiger charge is 2.17. The third kappa shape index (κ3) is 3.91. The van der Waals surface area contributed by atoms with Gasteiger partial charge in [0.05, 0.1) is 25.4 Å². The number of halogens is 2. The Morgan fingerprint density at radius 3 is 2.26 bits per heavy atom. The first-order valence-corrected chi connectivity index (χ1v) is 8.58. The van der Waals surface area contributed by atoms with Gasteiger partial charge in [0.15, 0.2) is 28.9 Å². The molecule has 2 aromatic carbocycles. The smallest absolute Gasteiger partial charge is 0.259 e. The first kappa shape index (κ1) is 18.8. The molecule has 0 radical (unpaired) electrons. The van der Waals surface area contributed by atoms with Crippen molar-refractivity contribution in [2.24, 2.45) is 0 Å². The van der Waals surface area contributed by atoms with E-state index in [1.807, 2.05) is 4.72 Å². The van der Waals surface area contributed by atoms with Gasteiger partial charge in [0, 0.05) is 29.8 Å². The Labute approximate surface area is 155 Å². The number of nitrogens with one attached hydrogen (secondary N) is 1. The molecule has 0 aliphatic carbocycles. The Kier molecular flexibility index (Phi) is 5.38. The molecule has 3 rings (SSSR count). The van der Waals surface area contributed by atoms with E-state index in [1.54, 1.807) is 12.1 Å². The zero-order valence-electron chi connectivity index (χ0n) is 14.2. The van der Waals surface area contributed by atoms with Crippen LogP contribution in [-0.4, -0.2) is 28.0 Å². The molecule has 0 saturated carbocycles. The van der Waals surface area contributed by atoms with Crippen molar-refractivity contribution in [3.8, 4) is 23.0 Å². The average Bonchev–Trinajstić information content (AvgIpc) is 2.63. The van der Waals surface area contributed by atoms with Crippen molar-refractivity contribution in [2.45, 2.75) is 0 Å². The molecule has 0 amide bonds. The molecule has 142 valence electrons. The molecule has 0 bridgehead atoms. The second-order valence-electron chi connectivity index (χ2n) is 5.26. The molecule has 2 N–H and O–H groups in total. The zero-order chi connectivity index (χ0) is 19.6. The van der Waals surface area contributed by atoms with Gasteiger partial charge in [-0.05, 0) is 12.1 Å². The molecular weight excluding hydrogens is 382 g/mol. The van der Waals surface area contributed by atoms with Crippen molar-refractivity contribution < 1.29 is 31.8 Å². The second kappa shape index (κ2) is 7.72. The van der Waals surface area contributed by atoms with E-state index in [0.717, 1.165) is 12.1 Å². The summed E-state index contributed by atoms with van der Waals surface area (Å²) in [5.41, 5.74) is 0.268. The number of ether oxygens (including phenoxy) is 3. The SMILES string of the molecule is COc1cc2nccc(Oc3c(F)cc(NS(=O)O)cc3F)c2cc1OC. The van der Waals surface area contributed by atoms with Gasteiger partial charge < -0.3 is 14.2 Å². The lowest BCUT2D eigenvalue weighted by atomic mass is 10.1. The highest BCUT2D eigenvalue weighted by Crippen LogP contribution is 2.38. The summed E-state index contributed by atoms with van der Waals surface area (Å²) >= 11 is -2.46. The molecule has 1 unspecified atom stereocenters. The van der Waals surface area contributed by atoms with Crippen molar-refractivity contribution >= 4 is 27.9 Å². The maximum Gasteiger partial charge on any atom is 0.259 e. The number of pyridine rings is 1. The van der Waals surface area contributed by atoms with Crippen LogP contribution in [0.3, 0.4) is 0 Å². The molecule has 27 heavy (non-hydrogen) atoms. The Morgan fingerprint density at radius 1 is 1.04 bits per heavy atom. The quantitative estimate of drug-likeness (QED) is 0.615. The summed E-state index contributed by atoms with van der Waals surface area (Å²) in [5, 5.41) is 0.451. The number of anilines is 1. The number of rotatable bonds is 6. The monoisotopic (exact) mass is 396 g/mol. The molecule has 1 heterocycles. The number of fused-ring (bicyclic) bond motifs is 1. The van der Waals surface area contributed by atoms with Crippen molar-refractivity contribution in [3.05, 3.63) is 48.2 Å². The van der Waals surface area contributed by atoms with Gasteiger partial charge in [-0.2, -0.15) is 0 Å². The normalized spacial score (nSPS) is 11.9. The Morgan fingerprint density at radius 2 is 1.67 bits per heavy atom. The summed E-state index contributed by atoms with van der Waals surface area (Å²) in [5.74, 6) is -1.77. The van der Waals surface area contributed by atoms with E-state index in [2.05, 4.69) is 4.98 Å². The van der Waals surface area contributed by atoms with Gasteiger partial charge in [0.1, 0.15) is 5.75 Å². The van der Waals surface area contributed by atoms with E-state index in [9.17, 15) is 13.0 Å². The highest BCUT2D eigenvalue weighted by atomic mass is 32.2. The molecule has 0 fully saturated rings. The predicted molar refractivity (Wildman–Crippen MR) is 95.7 cm³/mol. The van der Waals surface area contributed by atoms with Crippen LogP contribution in [0.2, 0.25) is 0 Å². The van der Waals surface area contributed by atoms with E-state index in [0.29, 0.717) is 22.4 Å². The minimum Gasteiger partial charge on any atom is -0.493 e. The number of benzene rings is 2. The Balaban J connectivity index is 2.05. The topological polar surface area (TPSA) is 89.9 Å². The van der Waals surface area contributed by atoms with Gasteiger partial charge in [0.2, 0.25) is 0 Å². The standard InChI is InChI=1S/C17H14F2N2O5S/c1-24-15-7-10-13(8-16(15)25-2)20-4-3-14(10)26-17-11(18)5-9(6-12(17)19)21-27(22)23/h3-8,21H,1-2H3,(H,22,23). The van der Waals surface area contributed by atoms with E-state index >= 15 is 0 Å². The largest absolute Gasteiger partial charge is 0.493 e. The van der Waals surface area contributed by atoms with Crippen LogP contribution in [0, 0.1) is 11.6 Å². The molecule has 3 aromatic rings. The van der Waals surface area contributed by atoms with Crippen LogP contribution >= 0.6 is 0 Å². The molecule has 1 atom stereocenters. The average molecular weight is 396 g/mol. The molecule has 10 heteroatoms. The van der Waals surface area contributed by atoms with Crippen LogP contribution in [0.4, 0.5) is 14.5 Å². The van der Waals surface area contributed by atoms with Crippen molar-refractivity contribution in [1.29, 1.82) is 0 Å². The number of nitrogens with zero attached hydrogens (tertiary/aromatic N) is 1.